The summed E-state index contributed by atoms with van der Waals surface area (Å²) in [7, 11) is 0. The van der Waals surface area contributed by atoms with Gasteiger partial charge in [0.05, 0.1) is 27.4 Å². The van der Waals surface area contributed by atoms with Crippen LogP contribution in [0.3, 0.4) is 0 Å². The monoisotopic (exact) mass is 387 g/mol. The number of hydrogen-bond acceptors (Lipinski definition) is 5. The zero-order chi connectivity index (χ0) is 20.5. The van der Waals surface area contributed by atoms with E-state index in [-0.39, 0.29) is 28.1 Å². The Bertz CT molecular complexity index is 1160. The molecule has 8 heteroatoms. The number of carbonyl (C=O) groups excluding carboxylic acids is 3. The quantitative estimate of drug-likeness (QED) is 0.417. The lowest BCUT2D eigenvalue weighted by molar-refractivity contribution is -0.384. The molecule has 3 amide bonds. The molecule has 0 aliphatic carbocycles. The first-order valence-corrected chi connectivity index (χ1v) is 8.60. The molecule has 0 atom stereocenters. The van der Waals surface area contributed by atoms with Gasteiger partial charge < -0.3 is 5.32 Å². The first kappa shape index (κ1) is 18.1. The van der Waals surface area contributed by atoms with Gasteiger partial charge in [-0.15, -0.1) is 0 Å². The number of nitrogens with zero attached hydrogens (tertiary/aromatic N) is 2. The molecule has 1 aliphatic rings. The summed E-state index contributed by atoms with van der Waals surface area (Å²) in [5.74, 6) is -1.55. The summed E-state index contributed by atoms with van der Waals surface area (Å²) in [6.45, 7) is 0. The number of nitro groups is 1. The van der Waals surface area contributed by atoms with E-state index in [0.29, 0.717) is 5.69 Å². The molecule has 1 N–H and O–H groups in total. The fourth-order valence-corrected chi connectivity index (χ4v) is 3.13. The molecule has 29 heavy (non-hydrogen) atoms. The molecule has 3 aromatic rings. The van der Waals surface area contributed by atoms with Crippen LogP contribution in [-0.4, -0.2) is 22.6 Å². The van der Waals surface area contributed by atoms with Crippen molar-refractivity contribution in [3.8, 4) is 0 Å². The molecule has 0 aromatic heterocycles. The summed E-state index contributed by atoms with van der Waals surface area (Å²) >= 11 is 0. The Hall–Kier alpha value is -4.33. The van der Waals surface area contributed by atoms with Crippen molar-refractivity contribution in [3.63, 3.8) is 0 Å². The number of nitro benzene ring substituents is 1. The number of fused-ring (bicyclic) bond motifs is 1. The summed E-state index contributed by atoms with van der Waals surface area (Å²) in [4.78, 5) is 49.5. The highest BCUT2D eigenvalue weighted by atomic mass is 16.6. The van der Waals surface area contributed by atoms with Crippen molar-refractivity contribution in [1.29, 1.82) is 0 Å². The maximum absolute atomic E-state index is 12.9. The highest BCUT2D eigenvalue weighted by Gasteiger charge is 2.38. The number of amides is 3. The lowest BCUT2D eigenvalue weighted by Gasteiger charge is -2.13. The van der Waals surface area contributed by atoms with E-state index in [1.54, 1.807) is 36.4 Å². The highest BCUT2D eigenvalue weighted by Crippen LogP contribution is 2.33. The van der Waals surface area contributed by atoms with Crippen molar-refractivity contribution in [2.75, 3.05) is 10.2 Å². The van der Waals surface area contributed by atoms with Gasteiger partial charge in [-0.2, -0.15) is 0 Å². The van der Waals surface area contributed by atoms with Crippen LogP contribution in [0.15, 0.2) is 72.8 Å². The van der Waals surface area contributed by atoms with E-state index in [2.05, 4.69) is 5.32 Å². The van der Waals surface area contributed by atoms with Gasteiger partial charge in [-0.1, -0.05) is 24.3 Å². The zero-order valence-corrected chi connectivity index (χ0v) is 14.9. The van der Waals surface area contributed by atoms with Crippen molar-refractivity contribution in [2.45, 2.75) is 0 Å². The van der Waals surface area contributed by atoms with Gasteiger partial charge in [-0.25, -0.2) is 4.90 Å². The topological polar surface area (TPSA) is 110 Å². The molecule has 1 aliphatic heterocycles. The highest BCUT2D eigenvalue weighted by molar-refractivity contribution is 6.36. The molecule has 3 aromatic carbocycles. The third-order valence-electron chi connectivity index (χ3n) is 4.52. The van der Waals surface area contributed by atoms with Gasteiger partial charge in [-0.3, -0.25) is 24.5 Å². The van der Waals surface area contributed by atoms with Crippen LogP contribution in [0.2, 0.25) is 0 Å². The van der Waals surface area contributed by atoms with Crippen molar-refractivity contribution in [3.05, 3.63) is 99.6 Å². The molecule has 0 radical (unpaired) electrons. The third kappa shape index (κ3) is 3.12. The van der Waals surface area contributed by atoms with E-state index < -0.39 is 22.6 Å². The first-order chi connectivity index (χ1) is 14.0. The fraction of sp³-hybridized carbons (Fsp3) is 0. The normalized spacial score (nSPS) is 12.6. The minimum atomic E-state index is -0.561. The first-order valence-electron chi connectivity index (χ1n) is 8.60. The SMILES string of the molecule is O=C(Nc1cccc2c1C(=O)N(c1ccccc1)C2=O)c1ccc([N+](=O)[O-])cc1. The second-order valence-electron chi connectivity index (χ2n) is 6.27. The van der Waals surface area contributed by atoms with Crippen LogP contribution >= 0.6 is 0 Å². The Morgan fingerprint density at radius 3 is 2.21 bits per heavy atom. The Kier molecular flexibility index (Phi) is 4.36. The summed E-state index contributed by atoms with van der Waals surface area (Å²) in [6, 6.07) is 18.2. The van der Waals surface area contributed by atoms with E-state index in [4.69, 9.17) is 0 Å². The molecule has 0 bridgehead atoms. The van der Waals surface area contributed by atoms with Crippen molar-refractivity contribution in [1.82, 2.24) is 0 Å². The molecule has 0 spiro atoms. The molecule has 4 rings (SSSR count). The number of anilines is 2. The van der Waals surface area contributed by atoms with E-state index >= 15 is 0 Å². The van der Waals surface area contributed by atoms with Crippen LogP contribution in [0.1, 0.15) is 31.1 Å². The van der Waals surface area contributed by atoms with Gasteiger partial charge in [-0.05, 0) is 36.4 Å². The minimum absolute atomic E-state index is 0.108. The van der Waals surface area contributed by atoms with E-state index in [0.717, 1.165) is 4.90 Å². The molecule has 0 fully saturated rings. The number of rotatable bonds is 4. The number of benzene rings is 3. The second kappa shape index (κ2) is 7.01. The van der Waals surface area contributed by atoms with Crippen LogP contribution in [-0.2, 0) is 0 Å². The third-order valence-corrected chi connectivity index (χ3v) is 4.52. The van der Waals surface area contributed by atoms with E-state index in [1.807, 2.05) is 0 Å². The van der Waals surface area contributed by atoms with Crippen LogP contribution in [0.4, 0.5) is 17.1 Å². The van der Waals surface area contributed by atoms with Crippen LogP contribution in [0.5, 0.6) is 0 Å². The van der Waals surface area contributed by atoms with Gasteiger partial charge in [0, 0.05) is 17.7 Å². The van der Waals surface area contributed by atoms with Crippen molar-refractivity contribution in [2.24, 2.45) is 0 Å². The molecule has 0 unspecified atom stereocenters. The Morgan fingerprint density at radius 2 is 1.55 bits per heavy atom. The molecule has 8 nitrogen and oxygen atoms in total. The smallest absolute Gasteiger partial charge is 0.269 e. The number of imide groups is 1. The van der Waals surface area contributed by atoms with Crippen LogP contribution in [0, 0.1) is 10.1 Å². The molecule has 1 heterocycles. The summed E-state index contributed by atoms with van der Waals surface area (Å²) in [6.07, 6.45) is 0. The van der Waals surface area contributed by atoms with E-state index in [9.17, 15) is 24.5 Å². The fourth-order valence-electron chi connectivity index (χ4n) is 3.13. The zero-order valence-electron chi connectivity index (χ0n) is 14.9. The number of hydrogen-bond donors (Lipinski definition) is 1. The van der Waals surface area contributed by atoms with Gasteiger partial charge in [0.1, 0.15) is 0 Å². The van der Waals surface area contributed by atoms with Gasteiger partial charge in [0.15, 0.2) is 0 Å². The lowest BCUT2D eigenvalue weighted by Crippen LogP contribution is -2.29. The number of nitrogens with one attached hydrogen (secondary N) is 1. The lowest BCUT2D eigenvalue weighted by atomic mass is 10.1. The predicted molar refractivity (Wildman–Crippen MR) is 105 cm³/mol. The average molecular weight is 387 g/mol. The second-order valence-corrected chi connectivity index (χ2v) is 6.27. The molecule has 0 saturated heterocycles. The molecule has 0 saturated carbocycles. The number of carbonyl (C=O) groups is 3. The van der Waals surface area contributed by atoms with Crippen LogP contribution < -0.4 is 10.2 Å². The van der Waals surface area contributed by atoms with Gasteiger partial charge >= 0.3 is 0 Å². The predicted octanol–water partition coefficient (Wildman–Crippen LogP) is 3.65. The number of para-hydroxylation sites is 1. The molecule has 142 valence electrons. The number of non-ortho nitro benzene ring substituents is 1. The Morgan fingerprint density at radius 1 is 0.862 bits per heavy atom. The van der Waals surface area contributed by atoms with Crippen molar-refractivity contribution < 1.29 is 19.3 Å². The van der Waals surface area contributed by atoms with E-state index in [1.165, 1.54) is 36.4 Å². The van der Waals surface area contributed by atoms with Gasteiger partial charge in [0.2, 0.25) is 0 Å². The Labute approximate surface area is 164 Å². The summed E-state index contributed by atoms with van der Waals surface area (Å²) < 4.78 is 0. The minimum Gasteiger partial charge on any atom is -0.321 e. The standard InChI is InChI=1S/C21H13N3O5/c25-19(13-9-11-15(12-10-13)24(28)29)22-17-8-4-7-16-18(17)21(27)23(20(16)26)14-5-2-1-3-6-14/h1-12H,(H,22,25). The average Bonchev–Trinajstić information content (AvgIpc) is 3.00. The van der Waals surface area contributed by atoms with Crippen LogP contribution in [0.25, 0.3) is 0 Å². The molecular formula is C21H13N3O5. The maximum Gasteiger partial charge on any atom is 0.269 e. The molecular weight excluding hydrogens is 374 g/mol. The Balaban J connectivity index is 1.65. The largest absolute Gasteiger partial charge is 0.321 e. The van der Waals surface area contributed by atoms with Gasteiger partial charge in [0.25, 0.3) is 23.4 Å². The summed E-state index contributed by atoms with van der Waals surface area (Å²) in [5.41, 5.74) is 0.984. The van der Waals surface area contributed by atoms with Crippen molar-refractivity contribution >= 4 is 34.8 Å². The maximum atomic E-state index is 12.9. The summed E-state index contributed by atoms with van der Waals surface area (Å²) in [5, 5.41) is 13.4.